The highest BCUT2D eigenvalue weighted by Gasteiger charge is 2.74. The minimum absolute atomic E-state index is 0.0849. The maximum Gasteiger partial charge on any atom is 0.335 e. The Morgan fingerprint density at radius 1 is 0.658 bits per heavy atom. The van der Waals surface area contributed by atoms with Gasteiger partial charge in [-0.2, -0.15) is 0 Å². The number of carboxylic acids is 1. The molecule has 27 atom stereocenters. The number of carbonyl (C=O) groups excluding carboxylic acids is 2. The second-order valence-electron chi connectivity index (χ2n) is 25.5. The van der Waals surface area contributed by atoms with Gasteiger partial charge in [-0.3, -0.25) is 4.79 Å². The van der Waals surface area contributed by atoms with Crippen molar-refractivity contribution in [3.63, 3.8) is 0 Å². The molecule has 0 aromatic rings. The number of aliphatic hydroxyl groups is 12. The van der Waals surface area contributed by atoms with Crippen molar-refractivity contribution >= 4 is 17.9 Å². The van der Waals surface area contributed by atoms with Crippen LogP contribution in [-0.4, -0.2) is 227 Å². The second-order valence-corrected chi connectivity index (χ2v) is 25.5. The lowest BCUT2D eigenvalue weighted by Crippen LogP contribution is -2.72. The van der Waals surface area contributed by atoms with Gasteiger partial charge in [0, 0.05) is 23.3 Å². The Morgan fingerprint density at radius 2 is 1.24 bits per heavy atom. The first kappa shape index (κ1) is 62.2. The molecule has 7 fully saturated rings. The Hall–Kier alpha value is -2.83. The van der Waals surface area contributed by atoms with Crippen LogP contribution in [0.15, 0.2) is 23.3 Å². The van der Waals surface area contributed by atoms with Gasteiger partial charge in [0.05, 0.1) is 44.1 Å². The monoisotopic (exact) mass is 1130 g/mol. The number of hydrogen-bond donors (Lipinski definition) is 13. The third kappa shape index (κ3) is 9.94. The Bertz CT molecular complexity index is 2290. The normalized spacial score (nSPS) is 50.6. The maximum absolute atomic E-state index is 13.4. The molecule has 24 nitrogen and oxygen atoms in total. The van der Waals surface area contributed by atoms with Gasteiger partial charge in [0.2, 0.25) is 0 Å². The molecule has 3 aliphatic heterocycles. The van der Waals surface area contributed by atoms with E-state index < -0.39 is 199 Å². The first-order valence-electron chi connectivity index (χ1n) is 27.7. The summed E-state index contributed by atoms with van der Waals surface area (Å²) < 4.78 is 48.2. The Kier molecular flexibility index (Phi) is 17.8. The number of esters is 2. The van der Waals surface area contributed by atoms with Gasteiger partial charge in [0.25, 0.3) is 0 Å². The highest BCUT2D eigenvalue weighted by molar-refractivity contribution is 5.87. The summed E-state index contributed by atoms with van der Waals surface area (Å²) in [5.74, 6) is -3.88. The maximum atomic E-state index is 13.4. The van der Waals surface area contributed by atoms with E-state index >= 15 is 0 Å². The molecule has 0 amide bonds. The van der Waals surface area contributed by atoms with Crippen molar-refractivity contribution in [1.82, 2.24) is 0 Å². The molecule has 4 saturated carbocycles. The molecule has 0 aromatic carbocycles. The van der Waals surface area contributed by atoms with Crippen molar-refractivity contribution in [2.45, 2.75) is 224 Å². The summed E-state index contributed by atoms with van der Waals surface area (Å²) in [5, 5.41) is 143. The molecular weight excluding hydrogens is 1040 g/mol. The lowest BCUT2D eigenvalue weighted by Gasteiger charge is -2.72. The molecule has 79 heavy (non-hydrogen) atoms. The Labute approximate surface area is 459 Å². The molecule has 0 bridgehead atoms. The van der Waals surface area contributed by atoms with Crippen LogP contribution < -0.4 is 0 Å². The van der Waals surface area contributed by atoms with Crippen LogP contribution in [0.2, 0.25) is 0 Å². The number of aliphatic hydroxyl groups excluding tert-OH is 12. The van der Waals surface area contributed by atoms with Gasteiger partial charge < -0.3 is 104 Å². The second kappa shape index (κ2) is 22.6. The number of carbonyl (C=O) groups is 3. The minimum Gasteiger partial charge on any atom is -0.479 e. The third-order valence-corrected chi connectivity index (χ3v) is 21.1. The topological polar surface area (TPSA) is 388 Å². The zero-order valence-corrected chi connectivity index (χ0v) is 46.4. The molecule has 2 unspecified atom stereocenters. The average Bonchev–Trinajstić information content (AvgIpc) is 3.29. The summed E-state index contributed by atoms with van der Waals surface area (Å²) in [6.45, 7) is 14.1. The molecule has 8 aliphatic rings. The highest BCUT2D eigenvalue weighted by Crippen LogP contribution is 2.76. The highest BCUT2D eigenvalue weighted by atomic mass is 16.8. The van der Waals surface area contributed by atoms with Gasteiger partial charge in [-0.15, -0.1) is 0 Å². The van der Waals surface area contributed by atoms with E-state index in [9.17, 15) is 80.8 Å². The van der Waals surface area contributed by atoms with E-state index in [4.69, 9.17) is 37.9 Å². The van der Waals surface area contributed by atoms with Crippen LogP contribution in [0, 0.1) is 50.2 Å². The Morgan fingerprint density at radius 3 is 1.76 bits per heavy atom. The fraction of sp³-hybridized carbons (Fsp3) is 0.873. The number of allylic oxidation sites excluding steroid dienone is 3. The van der Waals surface area contributed by atoms with E-state index in [1.54, 1.807) is 19.9 Å². The van der Waals surface area contributed by atoms with E-state index in [2.05, 4.69) is 26.8 Å². The lowest BCUT2D eigenvalue weighted by atomic mass is 9.33. The van der Waals surface area contributed by atoms with Crippen LogP contribution in [0.1, 0.15) is 107 Å². The molecule has 24 heteroatoms. The van der Waals surface area contributed by atoms with E-state index in [-0.39, 0.29) is 24.7 Å². The van der Waals surface area contributed by atoms with Crippen molar-refractivity contribution in [1.29, 1.82) is 0 Å². The van der Waals surface area contributed by atoms with E-state index in [1.165, 1.54) is 6.92 Å². The molecule has 13 N–H and O–H groups in total. The summed E-state index contributed by atoms with van der Waals surface area (Å²) in [7, 11) is 0. The largest absolute Gasteiger partial charge is 0.479 e. The van der Waals surface area contributed by atoms with Gasteiger partial charge in [0.15, 0.2) is 25.0 Å². The van der Waals surface area contributed by atoms with Crippen LogP contribution in [0.3, 0.4) is 0 Å². The quantitative estimate of drug-likeness (QED) is 0.0415. The molecular formula is C55H86O24. The van der Waals surface area contributed by atoms with E-state index in [0.717, 1.165) is 5.57 Å². The smallest absolute Gasteiger partial charge is 0.335 e. The minimum atomic E-state index is -2.18. The number of ether oxygens (including phenoxy) is 8. The fourth-order valence-electron chi connectivity index (χ4n) is 16.2. The van der Waals surface area contributed by atoms with Crippen molar-refractivity contribution in [2.24, 2.45) is 50.2 Å². The van der Waals surface area contributed by atoms with Crippen molar-refractivity contribution < 1.29 is 119 Å². The first-order valence-corrected chi connectivity index (χ1v) is 27.7. The van der Waals surface area contributed by atoms with Gasteiger partial charge in [-0.05, 0) is 92.8 Å². The summed E-state index contributed by atoms with van der Waals surface area (Å²) in [6, 6.07) is 0. The number of carboxylic acid groups (broad SMARTS) is 1. The first-order chi connectivity index (χ1) is 36.9. The average molecular weight is 1130 g/mol. The zero-order valence-electron chi connectivity index (χ0n) is 46.4. The van der Waals surface area contributed by atoms with Crippen molar-refractivity contribution in [2.75, 3.05) is 26.4 Å². The standard InChI is InChI=1S/C55H86O24/c1-10-23(2)46(71)79-43-44(72-24(3)60)55(22-59)26(17-50(43,4)5)25-11-12-30-51(6)15-14-32(52(7,21-58)29(51)13-16-53(30,8)54(25,9)18-31(55)61)75-49-41(77-48-38(67)36(65)34(63)28(20-57)74-48)39(68)40(42(78-49)45(69)70)76-47-37(66)35(64)33(62)27(19-56)73-47/h10-11,26-44,47-49,56-59,61-68H,12-22H2,1-9H3,(H,69,70)/b23-10-/t26-,27+,28+,29+,30+,31+,32?,33+,34+,35-,36-,37+,38+,39-,40-,41+,42-,43-,44?,47-,48-,49+,51-,52+,53+,54+,55-/m0/s1. The lowest BCUT2D eigenvalue weighted by molar-refractivity contribution is -0.392. The van der Waals surface area contributed by atoms with Crippen LogP contribution in [0.5, 0.6) is 0 Å². The molecule has 0 aromatic heterocycles. The van der Waals surface area contributed by atoms with Gasteiger partial charge in [-0.25, -0.2) is 9.59 Å². The molecule has 0 spiro atoms. The van der Waals surface area contributed by atoms with Crippen molar-refractivity contribution in [3.05, 3.63) is 23.3 Å². The van der Waals surface area contributed by atoms with Gasteiger partial charge in [0.1, 0.15) is 79.4 Å². The molecule has 3 heterocycles. The molecule has 5 aliphatic carbocycles. The van der Waals surface area contributed by atoms with Crippen LogP contribution in [0.4, 0.5) is 0 Å². The number of hydrogen-bond acceptors (Lipinski definition) is 23. The summed E-state index contributed by atoms with van der Waals surface area (Å²) in [4.78, 5) is 39.5. The Balaban J connectivity index is 1.12. The van der Waals surface area contributed by atoms with Crippen LogP contribution >= 0.6 is 0 Å². The van der Waals surface area contributed by atoms with Gasteiger partial charge >= 0.3 is 17.9 Å². The number of aliphatic carboxylic acids is 1. The van der Waals surface area contributed by atoms with E-state index in [0.29, 0.717) is 37.7 Å². The summed E-state index contributed by atoms with van der Waals surface area (Å²) in [5.41, 5.74) is -3.78. The molecule has 450 valence electrons. The molecule has 0 radical (unpaired) electrons. The SMILES string of the molecule is C/C=C(/C)C(=O)O[C@H]1C(OC(C)=O)[C@]2(CO)[C@H](O)C[C@]3(C)C(=CC[C@@H]4[C@@]5(C)CCC(O[C@@H]6O[C@H](C(=O)O)[C@@H](O[C@@H]7O[C@H](CO)[C@@H](O)[C@H](O)[C@H]7O)[C@H](O)[C@H]6O[C@@H]6O[C@H](CO)[C@@H](O)[C@H](O)[C@H]6O)[C@](C)(CO)[C@@H]5CC[C@]43C)[C@@H]2CC1(C)C. The number of rotatable bonds is 14. The van der Waals surface area contributed by atoms with Gasteiger partial charge in [-0.1, -0.05) is 59.3 Å². The summed E-state index contributed by atoms with van der Waals surface area (Å²) in [6.07, 6.45) is -26.5. The molecule has 8 rings (SSSR count). The van der Waals surface area contributed by atoms with Crippen molar-refractivity contribution in [3.8, 4) is 0 Å². The predicted octanol–water partition coefficient (Wildman–Crippen LogP) is -1.32. The zero-order chi connectivity index (χ0) is 58.4. The number of fused-ring (bicyclic) bond motifs is 7. The fourth-order valence-corrected chi connectivity index (χ4v) is 16.2. The van der Waals surface area contributed by atoms with Crippen LogP contribution in [-0.2, 0) is 52.3 Å². The summed E-state index contributed by atoms with van der Waals surface area (Å²) >= 11 is 0. The predicted molar refractivity (Wildman–Crippen MR) is 269 cm³/mol. The van der Waals surface area contributed by atoms with E-state index in [1.807, 2.05) is 20.8 Å². The van der Waals surface area contributed by atoms with Crippen LogP contribution in [0.25, 0.3) is 0 Å². The third-order valence-electron chi connectivity index (χ3n) is 21.1. The molecule has 3 saturated heterocycles.